The number of hydrogen-bond acceptors (Lipinski definition) is 10. The second kappa shape index (κ2) is 12.9. The number of fused-ring (bicyclic) bond motifs is 1. The van der Waals surface area contributed by atoms with Crippen LogP contribution in [0.15, 0.2) is 59.2 Å². The van der Waals surface area contributed by atoms with E-state index in [1.165, 1.54) is 26.5 Å². The smallest absolute Gasteiger partial charge is 0.267 e. The Morgan fingerprint density at radius 3 is 2.60 bits per heavy atom. The Bertz CT molecular complexity index is 1820. The van der Waals surface area contributed by atoms with Gasteiger partial charge in [0.05, 0.1) is 19.2 Å². The maximum Gasteiger partial charge on any atom is 0.267 e. The molecule has 43 heavy (non-hydrogen) atoms. The van der Waals surface area contributed by atoms with Crippen molar-refractivity contribution in [2.24, 2.45) is 5.73 Å². The summed E-state index contributed by atoms with van der Waals surface area (Å²) < 4.78 is 12.4. The summed E-state index contributed by atoms with van der Waals surface area (Å²) in [5.74, 6) is 0.812. The zero-order valence-electron chi connectivity index (χ0n) is 24.4. The maximum absolute atomic E-state index is 14.0. The highest BCUT2D eigenvalue weighted by molar-refractivity contribution is 6.35. The van der Waals surface area contributed by atoms with E-state index >= 15 is 0 Å². The quantitative estimate of drug-likeness (QED) is 0.178. The van der Waals surface area contributed by atoms with E-state index in [-0.39, 0.29) is 28.5 Å². The molecule has 4 N–H and O–H groups in total. The number of nitrogens with two attached hydrogens (primary N) is 1. The molecule has 0 aliphatic rings. The van der Waals surface area contributed by atoms with Crippen molar-refractivity contribution < 1.29 is 14.3 Å². The highest BCUT2D eigenvalue weighted by atomic mass is 35.5. The third kappa shape index (κ3) is 7.09. The summed E-state index contributed by atoms with van der Waals surface area (Å²) in [4.78, 5) is 39.7. The van der Waals surface area contributed by atoms with Crippen molar-refractivity contribution in [1.29, 1.82) is 5.26 Å². The molecule has 0 spiro atoms. The van der Waals surface area contributed by atoms with Crippen LogP contribution in [0.4, 0.5) is 11.8 Å². The van der Waals surface area contributed by atoms with Gasteiger partial charge in [0.25, 0.3) is 11.5 Å². The fourth-order valence-corrected chi connectivity index (χ4v) is 4.65. The summed E-state index contributed by atoms with van der Waals surface area (Å²) >= 11 is 6.65. The highest BCUT2D eigenvalue weighted by Crippen LogP contribution is 2.38. The van der Waals surface area contributed by atoms with Crippen LogP contribution < -0.4 is 31.4 Å². The number of amides is 1. The van der Waals surface area contributed by atoms with E-state index in [0.717, 1.165) is 5.56 Å². The van der Waals surface area contributed by atoms with Gasteiger partial charge < -0.3 is 25.8 Å². The van der Waals surface area contributed by atoms with Gasteiger partial charge in [-0.3, -0.25) is 14.2 Å². The van der Waals surface area contributed by atoms with Crippen molar-refractivity contribution in [2.45, 2.75) is 32.4 Å². The number of methoxy groups -OCH3 is 2. The second-order valence-electron chi connectivity index (χ2n) is 10.2. The number of anilines is 2. The molecule has 3 aromatic heterocycles. The molecule has 0 aliphatic carbocycles. The molecule has 13 heteroatoms. The first-order valence-electron chi connectivity index (χ1n) is 13.2. The van der Waals surface area contributed by atoms with Gasteiger partial charge in [-0.25, -0.2) is 9.97 Å². The zero-order chi connectivity index (χ0) is 31.3. The van der Waals surface area contributed by atoms with E-state index in [0.29, 0.717) is 46.0 Å². The van der Waals surface area contributed by atoms with Crippen molar-refractivity contribution in [1.82, 2.24) is 19.5 Å². The van der Waals surface area contributed by atoms with Gasteiger partial charge in [0, 0.05) is 54.1 Å². The molecule has 12 nitrogen and oxygen atoms in total. The number of rotatable bonds is 10. The van der Waals surface area contributed by atoms with E-state index in [2.05, 4.69) is 25.6 Å². The molecular weight excluding hydrogens is 572 g/mol. The van der Waals surface area contributed by atoms with Crippen LogP contribution in [0.25, 0.3) is 22.2 Å². The number of benzene rings is 1. The van der Waals surface area contributed by atoms with E-state index in [4.69, 9.17) is 26.8 Å². The average molecular weight is 603 g/mol. The van der Waals surface area contributed by atoms with Crippen LogP contribution in [-0.2, 0) is 17.8 Å². The van der Waals surface area contributed by atoms with Crippen molar-refractivity contribution in [3.63, 3.8) is 0 Å². The lowest BCUT2D eigenvalue weighted by atomic mass is 10.0. The van der Waals surface area contributed by atoms with Gasteiger partial charge in [-0.15, -0.1) is 0 Å². The SMILES string of the molecule is CNc1ncc2cc(-c3cc(OC)cc(OC)c3Cl)c(=O)n(CCc3ccnc(NC(=O)/C(C#N)=C/C(C)(C)N)c3)c2n1. The number of nitrogens with zero attached hydrogens (tertiary/aromatic N) is 5. The van der Waals surface area contributed by atoms with Crippen LogP contribution in [0.2, 0.25) is 5.02 Å². The third-order valence-electron chi connectivity index (χ3n) is 6.38. The molecule has 4 rings (SSSR count). The Morgan fingerprint density at radius 1 is 1.19 bits per heavy atom. The highest BCUT2D eigenvalue weighted by Gasteiger charge is 2.20. The number of pyridine rings is 2. The number of halogens is 1. The largest absolute Gasteiger partial charge is 0.497 e. The van der Waals surface area contributed by atoms with Crippen LogP contribution in [0.3, 0.4) is 0 Å². The summed E-state index contributed by atoms with van der Waals surface area (Å²) in [5.41, 5.74) is 6.59. The third-order valence-corrected chi connectivity index (χ3v) is 6.77. The molecule has 3 heterocycles. The van der Waals surface area contributed by atoms with E-state index < -0.39 is 11.4 Å². The first-order valence-corrected chi connectivity index (χ1v) is 13.5. The number of ether oxygens (including phenoxy) is 2. The fraction of sp³-hybridized carbons (Fsp3) is 0.267. The van der Waals surface area contributed by atoms with Crippen LogP contribution in [0.5, 0.6) is 11.5 Å². The van der Waals surface area contributed by atoms with Crippen molar-refractivity contribution in [2.75, 3.05) is 31.9 Å². The molecule has 0 unspecified atom stereocenters. The number of nitriles is 1. The van der Waals surface area contributed by atoms with Crippen molar-refractivity contribution >= 4 is 40.3 Å². The number of carbonyl (C=O) groups excluding carboxylic acids is 1. The number of aryl methyl sites for hydroxylation is 2. The minimum atomic E-state index is -0.848. The van der Waals surface area contributed by atoms with Crippen LogP contribution in [0.1, 0.15) is 19.4 Å². The number of carbonyl (C=O) groups is 1. The van der Waals surface area contributed by atoms with Gasteiger partial charge in [-0.1, -0.05) is 11.6 Å². The summed E-state index contributed by atoms with van der Waals surface area (Å²) in [6.07, 6.45) is 4.94. The molecule has 0 atom stereocenters. The van der Waals surface area contributed by atoms with Crippen molar-refractivity contribution in [3.8, 4) is 28.7 Å². The molecule has 0 saturated carbocycles. The number of nitrogens with one attached hydrogen (secondary N) is 2. The summed E-state index contributed by atoms with van der Waals surface area (Å²) in [6.45, 7) is 3.59. The minimum Gasteiger partial charge on any atom is -0.497 e. The van der Waals surface area contributed by atoms with Gasteiger partial charge in [0.15, 0.2) is 0 Å². The van der Waals surface area contributed by atoms with Gasteiger partial charge in [-0.05, 0) is 56.2 Å². The molecule has 0 fully saturated rings. The molecule has 1 amide bonds. The topological polar surface area (TPSA) is 170 Å². The lowest BCUT2D eigenvalue weighted by molar-refractivity contribution is -0.112. The van der Waals surface area contributed by atoms with Crippen LogP contribution in [-0.4, -0.2) is 52.2 Å². The summed E-state index contributed by atoms with van der Waals surface area (Å²) in [5, 5.41) is 15.8. The molecule has 1 aromatic carbocycles. The molecule has 0 bridgehead atoms. The zero-order valence-corrected chi connectivity index (χ0v) is 25.1. The summed E-state index contributed by atoms with van der Waals surface area (Å²) in [6, 6.07) is 10.3. The van der Waals surface area contributed by atoms with E-state index in [1.54, 1.807) is 62.0 Å². The molecule has 4 aromatic rings. The van der Waals surface area contributed by atoms with E-state index in [1.807, 2.05) is 6.07 Å². The Hall–Kier alpha value is -4.99. The molecular formula is C30H31ClN8O4. The van der Waals surface area contributed by atoms with Crippen molar-refractivity contribution in [3.05, 3.63) is 75.3 Å². The van der Waals surface area contributed by atoms with Gasteiger partial charge >= 0.3 is 0 Å². The Kier molecular flexibility index (Phi) is 9.28. The maximum atomic E-state index is 14.0. The molecule has 222 valence electrons. The molecule has 0 saturated heterocycles. The normalized spacial score (nSPS) is 11.6. The van der Waals surface area contributed by atoms with Crippen LogP contribution in [0, 0.1) is 11.3 Å². The first kappa shape index (κ1) is 31.0. The second-order valence-corrected chi connectivity index (χ2v) is 10.6. The predicted octanol–water partition coefficient (Wildman–Crippen LogP) is 3.93. The van der Waals surface area contributed by atoms with Gasteiger partial charge in [-0.2, -0.15) is 10.2 Å². The fourth-order valence-electron chi connectivity index (χ4n) is 4.36. The minimum absolute atomic E-state index is 0.123. The Labute approximate surface area is 253 Å². The predicted molar refractivity (Wildman–Crippen MR) is 165 cm³/mol. The molecule has 0 aliphatic heterocycles. The van der Waals surface area contributed by atoms with Gasteiger partial charge in [0.1, 0.15) is 34.6 Å². The lowest BCUT2D eigenvalue weighted by Crippen LogP contribution is -2.30. The lowest BCUT2D eigenvalue weighted by Gasteiger charge is -2.16. The van der Waals surface area contributed by atoms with E-state index in [9.17, 15) is 14.9 Å². The standard InChI is InChI=1S/C30H31ClN8O4/c1-30(2,33)14-19(15-32)27(40)37-24-10-17(6-8-35-24)7-9-39-26-18(16-36-29(34-3)38-26)11-22(28(39)41)21-12-20(42-4)13-23(43-5)25(21)31/h6,8,10-14,16H,7,9,33H2,1-5H3,(H,34,36,38)(H,35,37,40)/b19-14+. The Morgan fingerprint density at radius 2 is 1.95 bits per heavy atom. The van der Waals surface area contributed by atoms with Gasteiger partial charge in [0.2, 0.25) is 5.95 Å². The number of aromatic nitrogens is 4. The average Bonchev–Trinajstić information content (AvgIpc) is 2.98. The number of hydrogen-bond donors (Lipinski definition) is 3. The molecule has 0 radical (unpaired) electrons. The summed E-state index contributed by atoms with van der Waals surface area (Å²) in [7, 11) is 4.69. The van der Waals surface area contributed by atoms with Crippen LogP contribution >= 0.6 is 11.6 Å². The Balaban J connectivity index is 1.73. The first-order chi connectivity index (χ1) is 20.5. The monoisotopic (exact) mass is 602 g/mol.